The molecule has 6 nitrogen and oxygen atoms in total. The van der Waals surface area contributed by atoms with Crippen molar-refractivity contribution in [1.29, 1.82) is 0 Å². The third-order valence-corrected chi connectivity index (χ3v) is 7.59. The lowest BCUT2D eigenvalue weighted by atomic mass is 9.93. The van der Waals surface area contributed by atoms with Crippen LogP contribution in [0.2, 0.25) is 5.02 Å². The average Bonchev–Trinajstić information content (AvgIpc) is 2.70. The molecule has 2 aromatic rings. The minimum atomic E-state index is -3.90. The summed E-state index contributed by atoms with van der Waals surface area (Å²) in [5, 5.41) is 2.93. The Kier molecular flexibility index (Phi) is 7.19. The Morgan fingerprint density at radius 3 is 2.42 bits per heavy atom. The van der Waals surface area contributed by atoms with E-state index in [1.165, 1.54) is 6.07 Å². The van der Waals surface area contributed by atoms with Crippen molar-refractivity contribution in [2.75, 3.05) is 25.5 Å². The van der Waals surface area contributed by atoms with Gasteiger partial charge < -0.3 is 10.2 Å². The van der Waals surface area contributed by atoms with Crippen molar-refractivity contribution in [2.45, 2.75) is 38.5 Å². The summed E-state index contributed by atoms with van der Waals surface area (Å²) < 4.78 is 30.1. The Labute approximate surface area is 189 Å². The van der Waals surface area contributed by atoms with Gasteiger partial charge in [-0.15, -0.1) is 0 Å². The molecule has 1 saturated heterocycles. The zero-order valence-electron chi connectivity index (χ0n) is 18.3. The van der Waals surface area contributed by atoms with Gasteiger partial charge in [0.1, 0.15) is 0 Å². The van der Waals surface area contributed by atoms with Crippen LogP contribution in [0.1, 0.15) is 41.3 Å². The van der Waals surface area contributed by atoms with Crippen molar-refractivity contribution in [3.05, 3.63) is 58.1 Å². The molecule has 0 aliphatic carbocycles. The Bertz CT molecular complexity index is 1120. The molecule has 1 aliphatic rings. The summed E-state index contributed by atoms with van der Waals surface area (Å²) in [7, 11) is -1.84. The number of hydrogen-bond acceptors (Lipinski definition) is 4. The largest absolute Gasteiger partial charge is 0.321 e. The van der Waals surface area contributed by atoms with E-state index in [-0.39, 0.29) is 21.7 Å². The van der Waals surface area contributed by atoms with Gasteiger partial charge >= 0.3 is 0 Å². The summed E-state index contributed by atoms with van der Waals surface area (Å²) in [6.45, 7) is 7.16. The van der Waals surface area contributed by atoms with Crippen LogP contribution in [0.15, 0.2) is 45.7 Å². The number of benzene rings is 2. The van der Waals surface area contributed by atoms with Crippen LogP contribution < -0.4 is 5.32 Å². The van der Waals surface area contributed by atoms with E-state index in [0.29, 0.717) is 22.5 Å². The summed E-state index contributed by atoms with van der Waals surface area (Å²) in [6.07, 6.45) is 1.79. The molecule has 0 unspecified atom stereocenters. The van der Waals surface area contributed by atoms with Gasteiger partial charge in [0.2, 0.25) is 0 Å². The van der Waals surface area contributed by atoms with Crippen LogP contribution in [0.3, 0.4) is 0 Å². The molecule has 8 heteroatoms. The number of aryl methyl sites for hydroxylation is 2. The first-order valence-electron chi connectivity index (χ1n) is 10.3. The fourth-order valence-electron chi connectivity index (χ4n) is 3.79. The summed E-state index contributed by atoms with van der Waals surface area (Å²) >= 11 is 6.35. The van der Waals surface area contributed by atoms with Gasteiger partial charge in [0.05, 0.1) is 15.6 Å². The number of sulfonamides is 1. The second-order valence-electron chi connectivity index (χ2n) is 8.15. The van der Waals surface area contributed by atoms with Crippen molar-refractivity contribution < 1.29 is 13.2 Å². The Hall–Kier alpha value is -2.22. The molecule has 0 aromatic heterocycles. The number of nitrogens with one attached hydrogen (secondary N) is 1. The van der Waals surface area contributed by atoms with Crippen molar-refractivity contribution in [1.82, 2.24) is 4.90 Å². The normalized spacial score (nSPS) is 16.4. The standard InChI is InChI=1S/C23H28ClN3O3S/c1-15-7-5-6-8-19(15)23(28)25-21-13-16(2)22(14-20(21)24)31(29,30)26-17(3)18-9-11-27(4)12-10-18/h5-8,13-14,18H,9-12H2,1-4H3,(H,25,28)/b26-17-. The van der Waals surface area contributed by atoms with Gasteiger partial charge in [-0.3, -0.25) is 4.79 Å². The van der Waals surface area contributed by atoms with Crippen molar-refractivity contribution in [3.8, 4) is 0 Å². The maximum absolute atomic E-state index is 13.0. The second kappa shape index (κ2) is 9.51. The molecule has 1 N–H and O–H groups in total. The first-order chi connectivity index (χ1) is 14.6. The molecule has 1 heterocycles. The van der Waals surface area contributed by atoms with Gasteiger partial charge in [-0.2, -0.15) is 12.8 Å². The summed E-state index contributed by atoms with van der Waals surface area (Å²) in [5.74, 6) is -0.138. The second-order valence-corrected chi connectivity index (χ2v) is 10.1. The average molecular weight is 462 g/mol. The Morgan fingerprint density at radius 1 is 1.13 bits per heavy atom. The highest BCUT2D eigenvalue weighted by molar-refractivity contribution is 7.90. The van der Waals surface area contributed by atoms with Gasteiger partial charge in [-0.05, 0) is 83.1 Å². The van der Waals surface area contributed by atoms with Gasteiger partial charge in [0, 0.05) is 17.2 Å². The van der Waals surface area contributed by atoms with E-state index in [4.69, 9.17) is 11.6 Å². The summed E-state index contributed by atoms with van der Waals surface area (Å²) in [6, 6.07) is 10.2. The molecular weight excluding hydrogens is 434 g/mol. The van der Waals surface area contributed by atoms with Crippen LogP contribution in [-0.2, 0) is 10.0 Å². The highest BCUT2D eigenvalue weighted by Crippen LogP contribution is 2.31. The van der Waals surface area contributed by atoms with E-state index in [1.54, 1.807) is 32.0 Å². The lowest BCUT2D eigenvalue weighted by molar-refractivity contribution is 0.102. The number of carbonyl (C=O) groups is 1. The number of rotatable bonds is 5. The number of carbonyl (C=O) groups excluding carboxylic acids is 1. The first kappa shape index (κ1) is 23.4. The highest BCUT2D eigenvalue weighted by Gasteiger charge is 2.24. The summed E-state index contributed by atoms with van der Waals surface area (Å²) in [4.78, 5) is 14.9. The lowest BCUT2D eigenvalue weighted by Gasteiger charge is -2.28. The van der Waals surface area contributed by atoms with E-state index in [1.807, 2.05) is 19.1 Å². The topological polar surface area (TPSA) is 78.8 Å². The molecular formula is C23H28ClN3O3S. The fourth-order valence-corrected chi connectivity index (χ4v) is 5.43. The van der Waals surface area contributed by atoms with Crippen LogP contribution in [0.4, 0.5) is 5.69 Å². The molecule has 2 aromatic carbocycles. The summed E-state index contributed by atoms with van der Waals surface area (Å²) in [5.41, 5.74) is 2.84. The minimum Gasteiger partial charge on any atom is -0.321 e. The van der Waals surface area contributed by atoms with Crippen LogP contribution in [-0.4, -0.2) is 45.1 Å². The number of nitrogens with zero attached hydrogens (tertiary/aromatic N) is 2. The number of halogens is 1. The number of piperidine rings is 1. The number of likely N-dealkylation sites (tertiary alicyclic amines) is 1. The molecule has 1 aliphatic heterocycles. The fraction of sp³-hybridized carbons (Fsp3) is 0.391. The van der Waals surface area contributed by atoms with Crippen molar-refractivity contribution in [3.63, 3.8) is 0 Å². The predicted molar refractivity (Wildman–Crippen MR) is 126 cm³/mol. The van der Waals surface area contributed by atoms with E-state index in [2.05, 4.69) is 21.7 Å². The number of hydrogen-bond donors (Lipinski definition) is 1. The van der Waals surface area contributed by atoms with Crippen molar-refractivity contribution >= 4 is 38.9 Å². The van der Waals surface area contributed by atoms with Crippen molar-refractivity contribution in [2.24, 2.45) is 10.3 Å². The first-order valence-corrected chi connectivity index (χ1v) is 12.1. The molecule has 0 saturated carbocycles. The van der Waals surface area contributed by atoms with Gasteiger partial charge in [0.15, 0.2) is 0 Å². The zero-order valence-corrected chi connectivity index (χ0v) is 19.8. The predicted octanol–water partition coefficient (Wildman–Crippen LogP) is 4.70. The van der Waals surface area contributed by atoms with Crippen LogP contribution in [0.5, 0.6) is 0 Å². The molecule has 0 radical (unpaired) electrons. The number of anilines is 1. The highest BCUT2D eigenvalue weighted by atomic mass is 35.5. The molecule has 31 heavy (non-hydrogen) atoms. The smallest absolute Gasteiger partial charge is 0.282 e. The zero-order chi connectivity index (χ0) is 22.8. The SMILES string of the molecule is C/C(=N/S(=O)(=O)c1cc(Cl)c(NC(=O)c2ccccc2C)cc1C)C1CCN(C)CC1. The van der Waals surface area contributed by atoms with Crippen LogP contribution in [0, 0.1) is 19.8 Å². The maximum Gasteiger partial charge on any atom is 0.282 e. The molecule has 0 bridgehead atoms. The quantitative estimate of drug-likeness (QED) is 0.654. The minimum absolute atomic E-state index is 0.0543. The van der Waals surface area contributed by atoms with Gasteiger partial charge in [-0.1, -0.05) is 29.8 Å². The Morgan fingerprint density at radius 2 is 1.77 bits per heavy atom. The van der Waals surface area contributed by atoms with Crippen LogP contribution in [0.25, 0.3) is 0 Å². The molecule has 1 amide bonds. The Balaban J connectivity index is 1.84. The maximum atomic E-state index is 13.0. The number of amides is 1. The van der Waals surface area contributed by atoms with E-state index in [0.717, 1.165) is 31.5 Å². The molecule has 166 valence electrons. The molecule has 0 spiro atoms. The van der Waals surface area contributed by atoms with E-state index in [9.17, 15) is 13.2 Å². The molecule has 1 fully saturated rings. The lowest BCUT2D eigenvalue weighted by Crippen LogP contribution is -2.33. The van der Waals surface area contributed by atoms with Gasteiger partial charge in [0.25, 0.3) is 15.9 Å². The molecule has 3 rings (SSSR count). The monoisotopic (exact) mass is 461 g/mol. The third kappa shape index (κ3) is 5.53. The van der Waals surface area contributed by atoms with Gasteiger partial charge in [-0.25, -0.2) is 0 Å². The molecule has 0 atom stereocenters. The van der Waals surface area contributed by atoms with Crippen LogP contribution >= 0.6 is 11.6 Å². The van der Waals surface area contributed by atoms with E-state index < -0.39 is 10.0 Å². The van der Waals surface area contributed by atoms with E-state index >= 15 is 0 Å². The third-order valence-electron chi connectivity index (χ3n) is 5.75.